The minimum absolute atomic E-state index is 0.209. The van der Waals surface area contributed by atoms with E-state index in [0.29, 0.717) is 29.3 Å². The summed E-state index contributed by atoms with van der Waals surface area (Å²) >= 11 is 0. The van der Waals surface area contributed by atoms with Gasteiger partial charge in [0.25, 0.3) is 0 Å². The van der Waals surface area contributed by atoms with E-state index in [1.165, 1.54) is 24.8 Å². The molecule has 0 aliphatic carbocycles. The van der Waals surface area contributed by atoms with E-state index in [4.69, 9.17) is 14.2 Å². The largest absolute Gasteiger partial charge is 0.493 e. The maximum Gasteiger partial charge on any atom is 0.205 e. The fourth-order valence-electron chi connectivity index (χ4n) is 4.26. The Labute approximate surface area is 182 Å². The van der Waals surface area contributed by atoms with Gasteiger partial charge < -0.3 is 19.5 Å². The SMILES string of the molecule is COc1cc2c(NCC(c3cccnc3)N3CCCCC3)ncnc2c(OC)c1OC. The molecule has 1 atom stereocenters. The van der Waals surface area contributed by atoms with Gasteiger partial charge in [-0.1, -0.05) is 12.5 Å². The van der Waals surface area contributed by atoms with Crippen molar-refractivity contribution in [2.24, 2.45) is 0 Å². The molecule has 1 fully saturated rings. The average Bonchev–Trinajstić information content (AvgIpc) is 2.84. The highest BCUT2D eigenvalue weighted by molar-refractivity contribution is 5.96. The summed E-state index contributed by atoms with van der Waals surface area (Å²) in [6.07, 6.45) is 9.05. The maximum absolute atomic E-state index is 5.60. The molecule has 0 saturated carbocycles. The van der Waals surface area contributed by atoms with E-state index in [-0.39, 0.29) is 6.04 Å². The Bertz CT molecular complexity index is 1010. The molecule has 1 saturated heterocycles. The molecule has 1 aromatic carbocycles. The number of nitrogens with one attached hydrogen (secondary N) is 1. The third-order valence-corrected chi connectivity index (χ3v) is 5.80. The zero-order valence-electron chi connectivity index (χ0n) is 18.3. The first-order chi connectivity index (χ1) is 15.3. The van der Waals surface area contributed by atoms with E-state index < -0.39 is 0 Å². The quantitative estimate of drug-likeness (QED) is 0.588. The van der Waals surface area contributed by atoms with Crippen molar-refractivity contribution in [3.8, 4) is 17.2 Å². The third-order valence-electron chi connectivity index (χ3n) is 5.80. The van der Waals surface area contributed by atoms with E-state index in [1.54, 1.807) is 27.7 Å². The van der Waals surface area contributed by atoms with Gasteiger partial charge in [0.1, 0.15) is 17.7 Å². The second-order valence-corrected chi connectivity index (χ2v) is 7.54. The van der Waals surface area contributed by atoms with Gasteiger partial charge in [-0.15, -0.1) is 0 Å². The van der Waals surface area contributed by atoms with Crippen LogP contribution in [0.15, 0.2) is 36.9 Å². The van der Waals surface area contributed by atoms with Gasteiger partial charge in [0, 0.05) is 18.9 Å². The van der Waals surface area contributed by atoms with Crippen molar-refractivity contribution in [2.45, 2.75) is 25.3 Å². The molecule has 0 radical (unpaired) electrons. The molecule has 3 heterocycles. The molecule has 164 valence electrons. The van der Waals surface area contributed by atoms with E-state index in [9.17, 15) is 0 Å². The van der Waals surface area contributed by atoms with Gasteiger partial charge in [-0.2, -0.15) is 0 Å². The number of likely N-dealkylation sites (tertiary alicyclic amines) is 1. The number of anilines is 1. The minimum Gasteiger partial charge on any atom is -0.493 e. The summed E-state index contributed by atoms with van der Waals surface area (Å²) in [4.78, 5) is 15.8. The molecular formula is C23H29N5O3. The van der Waals surface area contributed by atoms with Crippen molar-refractivity contribution < 1.29 is 14.2 Å². The number of nitrogens with zero attached hydrogens (tertiary/aromatic N) is 4. The van der Waals surface area contributed by atoms with Crippen LogP contribution in [0.4, 0.5) is 5.82 Å². The molecule has 4 rings (SSSR count). The average molecular weight is 424 g/mol. The van der Waals surface area contributed by atoms with Crippen LogP contribution in [0.25, 0.3) is 10.9 Å². The number of benzene rings is 1. The Morgan fingerprint density at radius 1 is 1.03 bits per heavy atom. The fourth-order valence-corrected chi connectivity index (χ4v) is 4.26. The molecular weight excluding hydrogens is 394 g/mol. The predicted molar refractivity (Wildman–Crippen MR) is 120 cm³/mol. The Balaban J connectivity index is 1.68. The third kappa shape index (κ3) is 4.34. The van der Waals surface area contributed by atoms with Crippen LogP contribution < -0.4 is 19.5 Å². The Morgan fingerprint density at radius 2 is 1.84 bits per heavy atom. The molecule has 2 aromatic heterocycles. The highest BCUT2D eigenvalue weighted by Crippen LogP contribution is 2.43. The van der Waals surface area contributed by atoms with Gasteiger partial charge in [0.2, 0.25) is 5.75 Å². The van der Waals surface area contributed by atoms with Crippen LogP contribution in [-0.2, 0) is 0 Å². The molecule has 0 bridgehead atoms. The molecule has 1 N–H and O–H groups in total. The molecule has 31 heavy (non-hydrogen) atoms. The number of methoxy groups -OCH3 is 3. The zero-order valence-corrected chi connectivity index (χ0v) is 18.3. The molecule has 1 aliphatic rings. The summed E-state index contributed by atoms with van der Waals surface area (Å²) in [5.74, 6) is 2.35. The fraction of sp³-hybridized carbons (Fsp3) is 0.435. The number of piperidine rings is 1. The second-order valence-electron chi connectivity index (χ2n) is 7.54. The molecule has 1 unspecified atom stereocenters. The van der Waals surface area contributed by atoms with Gasteiger partial charge in [-0.3, -0.25) is 9.88 Å². The lowest BCUT2D eigenvalue weighted by molar-refractivity contribution is 0.170. The number of ether oxygens (including phenoxy) is 3. The van der Waals surface area contributed by atoms with Crippen molar-refractivity contribution in [2.75, 3.05) is 46.3 Å². The van der Waals surface area contributed by atoms with Gasteiger partial charge in [0.15, 0.2) is 11.5 Å². The lowest BCUT2D eigenvalue weighted by atomic mass is 10.0. The van der Waals surface area contributed by atoms with Gasteiger partial charge in [-0.05, 0) is 43.6 Å². The Hall–Kier alpha value is -3.13. The van der Waals surface area contributed by atoms with Crippen molar-refractivity contribution in [1.29, 1.82) is 0 Å². The molecule has 0 amide bonds. The topological polar surface area (TPSA) is 81.6 Å². The van der Waals surface area contributed by atoms with Crippen LogP contribution in [0.3, 0.4) is 0 Å². The van der Waals surface area contributed by atoms with Gasteiger partial charge in [-0.25, -0.2) is 9.97 Å². The number of aromatic nitrogens is 3. The molecule has 8 heteroatoms. The van der Waals surface area contributed by atoms with Gasteiger partial charge >= 0.3 is 0 Å². The van der Waals surface area contributed by atoms with Crippen LogP contribution >= 0.6 is 0 Å². The predicted octanol–water partition coefficient (Wildman–Crippen LogP) is 3.69. The lowest BCUT2D eigenvalue weighted by Crippen LogP contribution is -2.37. The first-order valence-electron chi connectivity index (χ1n) is 10.6. The van der Waals surface area contributed by atoms with Crippen LogP contribution in [0, 0.1) is 0 Å². The van der Waals surface area contributed by atoms with E-state index >= 15 is 0 Å². The summed E-state index contributed by atoms with van der Waals surface area (Å²) in [5, 5.41) is 4.37. The van der Waals surface area contributed by atoms with Gasteiger partial charge in [0.05, 0.1) is 32.8 Å². The zero-order chi connectivity index (χ0) is 21.6. The number of rotatable bonds is 8. The van der Waals surface area contributed by atoms with Crippen LogP contribution in [0.1, 0.15) is 30.9 Å². The first-order valence-corrected chi connectivity index (χ1v) is 10.6. The van der Waals surface area contributed by atoms with Crippen molar-refractivity contribution >= 4 is 16.7 Å². The monoisotopic (exact) mass is 423 g/mol. The molecule has 0 spiro atoms. The number of fused-ring (bicyclic) bond motifs is 1. The summed E-state index contributed by atoms with van der Waals surface area (Å²) in [7, 11) is 4.79. The maximum atomic E-state index is 5.60. The highest BCUT2D eigenvalue weighted by atomic mass is 16.5. The molecule has 1 aliphatic heterocycles. The Morgan fingerprint density at radius 3 is 2.52 bits per heavy atom. The summed E-state index contributed by atoms with van der Waals surface area (Å²) in [5.41, 5.74) is 1.88. The lowest BCUT2D eigenvalue weighted by Gasteiger charge is -2.35. The van der Waals surface area contributed by atoms with Crippen LogP contribution in [0.5, 0.6) is 17.2 Å². The van der Waals surface area contributed by atoms with E-state index in [1.807, 2.05) is 24.5 Å². The van der Waals surface area contributed by atoms with Crippen molar-refractivity contribution in [3.63, 3.8) is 0 Å². The standard InChI is InChI=1S/C23H29N5O3/c1-29-19-12-17-20(22(31-3)21(19)30-2)26-15-27-23(17)25-14-18(16-8-7-9-24-13-16)28-10-5-4-6-11-28/h7-9,12-13,15,18H,4-6,10-11,14H2,1-3H3,(H,25,26,27). The van der Waals surface area contributed by atoms with E-state index in [0.717, 1.165) is 24.3 Å². The number of pyridine rings is 1. The van der Waals surface area contributed by atoms with E-state index in [2.05, 4.69) is 31.2 Å². The number of hydrogen-bond acceptors (Lipinski definition) is 8. The highest BCUT2D eigenvalue weighted by Gasteiger charge is 2.24. The summed E-state index contributed by atoms with van der Waals surface area (Å²) in [6.45, 7) is 2.88. The normalized spacial score (nSPS) is 15.5. The van der Waals surface area contributed by atoms with Crippen LogP contribution in [-0.4, -0.2) is 60.8 Å². The molecule has 3 aromatic rings. The first kappa shape index (κ1) is 21.1. The Kier molecular flexibility index (Phi) is 6.66. The number of hydrogen-bond donors (Lipinski definition) is 1. The van der Waals surface area contributed by atoms with Crippen molar-refractivity contribution in [3.05, 3.63) is 42.5 Å². The minimum atomic E-state index is 0.209. The summed E-state index contributed by atoms with van der Waals surface area (Å²) < 4.78 is 16.6. The van der Waals surface area contributed by atoms with Crippen LogP contribution in [0.2, 0.25) is 0 Å². The van der Waals surface area contributed by atoms with Crippen molar-refractivity contribution in [1.82, 2.24) is 19.9 Å². The summed E-state index contributed by atoms with van der Waals surface area (Å²) in [6, 6.07) is 6.23. The molecule has 8 nitrogen and oxygen atoms in total. The smallest absolute Gasteiger partial charge is 0.205 e. The second kappa shape index (κ2) is 9.78.